The molecule has 4 rings (SSSR count). The van der Waals surface area contributed by atoms with Gasteiger partial charge in [-0.2, -0.15) is 5.26 Å². The number of thioether (sulfide) groups is 1. The van der Waals surface area contributed by atoms with E-state index in [0.29, 0.717) is 24.3 Å². The van der Waals surface area contributed by atoms with Crippen molar-refractivity contribution in [1.82, 2.24) is 4.90 Å². The molecule has 0 N–H and O–H groups in total. The highest BCUT2D eigenvalue weighted by Crippen LogP contribution is 2.38. The molecule has 0 bridgehead atoms. The lowest BCUT2D eigenvalue weighted by Gasteiger charge is -2.38. The van der Waals surface area contributed by atoms with Gasteiger partial charge in [0.25, 0.3) is 0 Å². The summed E-state index contributed by atoms with van der Waals surface area (Å²) in [6, 6.07) is 17.6. The molecule has 0 spiro atoms. The summed E-state index contributed by atoms with van der Waals surface area (Å²) in [5.74, 6) is -0.525. The highest BCUT2D eigenvalue weighted by molar-refractivity contribution is 7.98. The van der Waals surface area contributed by atoms with Crippen LogP contribution in [0.1, 0.15) is 56.1 Å². The van der Waals surface area contributed by atoms with Gasteiger partial charge in [-0.25, -0.2) is 8.42 Å². The minimum Gasteiger partial charge on any atom is -0.335 e. The van der Waals surface area contributed by atoms with E-state index in [4.69, 9.17) is 0 Å². The molecule has 2 fully saturated rings. The first-order valence-corrected chi connectivity index (χ1v) is 15.2. The first kappa shape index (κ1) is 25.8. The van der Waals surface area contributed by atoms with E-state index >= 15 is 0 Å². The zero-order chi connectivity index (χ0) is 25.0. The van der Waals surface area contributed by atoms with E-state index in [1.807, 2.05) is 30.2 Å². The van der Waals surface area contributed by atoms with Crippen molar-refractivity contribution in [2.24, 2.45) is 11.8 Å². The summed E-state index contributed by atoms with van der Waals surface area (Å²) in [6.45, 7) is 2.41. The normalized spacial score (nSPS) is 24.6. The lowest BCUT2D eigenvalue weighted by atomic mass is 9.85. The molecule has 2 saturated carbocycles. The first-order chi connectivity index (χ1) is 16.8. The van der Waals surface area contributed by atoms with Crippen LogP contribution in [-0.2, 0) is 21.2 Å². The quantitative estimate of drug-likeness (QED) is 0.442. The maximum absolute atomic E-state index is 14.1. The second-order valence-electron chi connectivity index (χ2n) is 9.88. The van der Waals surface area contributed by atoms with Crippen molar-refractivity contribution in [1.29, 1.82) is 5.26 Å². The number of aryl methyl sites for hydroxylation is 1. The van der Waals surface area contributed by atoms with E-state index < -0.39 is 21.0 Å². The smallest absolute Gasteiger partial charge is 0.227 e. The number of hydrogen-bond acceptors (Lipinski definition) is 5. The number of hydrogen-bond donors (Lipinski definition) is 0. The molecular weight excluding hydrogens is 476 g/mol. The lowest BCUT2D eigenvalue weighted by molar-refractivity contribution is -0.139. The van der Waals surface area contributed by atoms with Gasteiger partial charge in [-0.1, -0.05) is 36.2 Å². The summed E-state index contributed by atoms with van der Waals surface area (Å²) in [5.41, 5.74) is 2.06. The van der Waals surface area contributed by atoms with E-state index in [0.717, 1.165) is 43.2 Å². The molecule has 0 aromatic heterocycles. The van der Waals surface area contributed by atoms with Crippen LogP contribution in [-0.4, -0.2) is 36.8 Å². The Bertz CT molecular complexity index is 1160. The molecule has 0 radical (unpaired) electrons. The number of nitrogens with zero attached hydrogens (tertiary/aromatic N) is 2. The van der Waals surface area contributed by atoms with Gasteiger partial charge in [0.1, 0.15) is 0 Å². The van der Waals surface area contributed by atoms with Gasteiger partial charge in [-0.15, -0.1) is 11.8 Å². The number of benzene rings is 2. The summed E-state index contributed by atoms with van der Waals surface area (Å²) < 4.78 is 27.1. The van der Waals surface area contributed by atoms with Crippen molar-refractivity contribution in [3.63, 3.8) is 0 Å². The summed E-state index contributed by atoms with van der Waals surface area (Å²) in [5, 5.41) is 8.65. The van der Waals surface area contributed by atoms with Crippen LogP contribution in [0.25, 0.3) is 0 Å². The van der Waals surface area contributed by atoms with Crippen LogP contribution in [0.2, 0.25) is 0 Å². The van der Waals surface area contributed by atoms with Gasteiger partial charge < -0.3 is 4.90 Å². The molecule has 0 heterocycles. The molecule has 7 heteroatoms. The molecule has 35 heavy (non-hydrogen) atoms. The Kier molecular flexibility index (Phi) is 8.23. The van der Waals surface area contributed by atoms with E-state index in [1.165, 1.54) is 4.90 Å². The van der Waals surface area contributed by atoms with Crippen LogP contribution in [0.4, 0.5) is 0 Å². The highest BCUT2D eigenvalue weighted by atomic mass is 32.2. The SMILES string of the molecule is CSc1ccc(CN(C(=O)[C@@H]2CCC[C@H]2S(=O)(=O)c2ccc(C)cc2)C2CCC(C#N)CC2)cc1. The van der Waals surface area contributed by atoms with Crippen LogP contribution in [0.15, 0.2) is 58.3 Å². The second kappa shape index (κ2) is 11.2. The van der Waals surface area contributed by atoms with Crippen molar-refractivity contribution in [3.8, 4) is 6.07 Å². The van der Waals surface area contributed by atoms with E-state index in [9.17, 15) is 18.5 Å². The molecule has 2 atom stereocenters. The van der Waals surface area contributed by atoms with Gasteiger partial charge in [-0.3, -0.25) is 4.79 Å². The molecule has 5 nitrogen and oxygen atoms in total. The minimum absolute atomic E-state index is 0.0376. The van der Waals surface area contributed by atoms with Gasteiger partial charge in [0.2, 0.25) is 5.91 Å². The standard InChI is InChI=1S/C28H34N2O3S2/c1-20-6-16-25(17-7-20)35(32,33)27-5-3-4-26(27)28(31)30(23-12-8-21(18-29)9-13-23)19-22-10-14-24(34-2)15-11-22/h6-7,10-11,14-17,21,23,26-27H,3-5,8-9,12-13,19H2,1-2H3/t21?,23?,26-,27-/m1/s1. The van der Waals surface area contributed by atoms with E-state index in [2.05, 4.69) is 30.3 Å². The van der Waals surface area contributed by atoms with E-state index in [-0.39, 0.29) is 17.9 Å². The topological polar surface area (TPSA) is 78.2 Å². The number of nitriles is 1. The van der Waals surface area contributed by atoms with Crippen molar-refractivity contribution in [3.05, 3.63) is 59.7 Å². The van der Waals surface area contributed by atoms with Crippen molar-refractivity contribution < 1.29 is 13.2 Å². The van der Waals surface area contributed by atoms with Gasteiger partial charge in [0, 0.05) is 23.4 Å². The fourth-order valence-corrected chi connectivity index (χ4v) is 7.96. The van der Waals surface area contributed by atoms with Crippen LogP contribution >= 0.6 is 11.8 Å². The van der Waals surface area contributed by atoms with Crippen molar-refractivity contribution in [2.75, 3.05) is 6.26 Å². The highest BCUT2D eigenvalue weighted by Gasteiger charge is 2.45. The Balaban J connectivity index is 1.60. The largest absolute Gasteiger partial charge is 0.335 e. The molecule has 0 saturated heterocycles. The van der Waals surface area contributed by atoms with Gasteiger partial charge in [-0.05, 0) is 81.5 Å². The summed E-state index contributed by atoms with van der Waals surface area (Å²) in [7, 11) is -3.60. The predicted molar refractivity (Wildman–Crippen MR) is 140 cm³/mol. The Morgan fingerprint density at radius 2 is 1.66 bits per heavy atom. The molecule has 0 aliphatic heterocycles. The Morgan fingerprint density at radius 3 is 2.26 bits per heavy atom. The maximum Gasteiger partial charge on any atom is 0.227 e. The number of rotatable bonds is 7. The summed E-state index contributed by atoms with van der Waals surface area (Å²) in [6.07, 6.45) is 7.03. The summed E-state index contributed by atoms with van der Waals surface area (Å²) in [4.78, 5) is 17.5. The van der Waals surface area contributed by atoms with E-state index in [1.54, 1.807) is 23.9 Å². The monoisotopic (exact) mass is 510 g/mol. The fraction of sp³-hybridized carbons (Fsp3) is 0.500. The molecule has 2 aromatic rings. The third-order valence-electron chi connectivity index (χ3n) is 7.63. The molecule has 2 aliphatic rings. The fourth-order valence-electron chi connectivity index (χ4n) is 5.53. The molecule has 1 amide bonds. The average molecular weight is 511 g/mol. The van der Waals surface area contributed by atoms with Gasteiger partial charge in [0.15, 0.2) is 9.84 Å². The maximum atomic E-state index is 14.1. The van der Waals surface area contributed by atoms with Crippen LogP contribution in [0, 0.1) is 30.1 Å². The van der Waals surface area contributed by atoms with Crippen LogP contribution in [0.5, 0.6) is 0 Å². The third-order valence-corrected chi connectivity index (χ3v) is 10.7. The number of sulfone groups is 1. The Hall–Kier alpha value is -2.30. The Morgan fingerprint density at radius 1 is 1.00 bits per heavy atom. The summed E-state index contributed by atoms with van der Waals surface area (Å²) >= 11 is 1.68. The predicted octanol–water partition coefficient (Wildman–Crippen LogP) is 5.77. The average Bonchev–Trinajstić information content (AvgIpc) is 3.39. The van der Waals surface area contributed by atoms with Crippen molar-refractivity contribution >= 4 is 27.5 Å². The first-order valence-electron chi connectivity index (χ1n) is 12.5. The number of amides is 1. The molecule has 2 aliphatic carbocycles. The van der Waals surface area contributed by atoms with Crippen LogP contribution in [0.3, 0.4) is 0 Å². The molecular formula is C28H34N2O3S2. The Labute approximate surface area is 213 Å². The zero-order valence-corrected chi connectivity index (χ0v) is 22.2. The van der Waals surface area contributed by atoms with Crippen molar-refractivity contribution in [2.45, 2.75) is 79.5 Å². The van der Waals surface area contributed by atoms with Gasteiger partial charge in [0.05, 0.1) is 22.1 Å². The zero-order valence-electron chi connectivity index (χ0n) is 20.5. The number of carbonyl (C=O) groups excluding carboxylic acids is 1. The second-order valence-corrected chi connectivity index (χ2v) is 12.9. The van der Waals surface area contributed by atoms with Crippen LogP contribution < -0.4 is 0 Å². The molecule has 2 aromatic carbocycles. The number of carbonyl (C=O) groups is 1. The lowest BCUT2D eigenvalue weighted by Crippen LogP contribution is -2.47. The third kappa shape index (κ3) is 5.76. The van der Waals surface area contributed by atoms with Gasteiger partial charge >= 0.3 is 0 Å². The minimum atomic E-state index is -3.60. The molecule has 186 valence electrons. The molecule has 0 unspecified atom stereocenters.